The Morgan fingerprint density at radius 2 is 0.864 bits per heavy atom. The summed E-state index contributed by atoms with van der Waals surface area (Å²) in [5.74, 6) is -1.75. The van der Waals surface area contributed by atoms with Crippen LogP contribution in [-0.4, -0.2) is 0 Å². The van der Waals surface area contributed by atoms with Crippen molar-refractivity contribution in [2.75, 3.05) is 0 Å². The molecule has 8 heteroatoms. The van der Waals surface area contributed by atoms with Crippen molar-refractivity contribution in [2.45, 2.75) is 12.4 Å². The molecule has 0 unspecified atom stereocenters. The van der Waals surface area contributed by atoms with Crippen LogP contribution in [0.4, 0.5) is 35.1 Å². The van der Waals surface area contributed by atoms with Gasteiger partial charge in [0, 0.05) is 0 Å². The normalized spacial score (nSPS) is 11.6. The van der Waals surface area contributed by atoms with E-state index < -0.39 is 35.1 Å². The molecule has 0 radical (unpaired) electrons. The lowest BCUT2D eigenvalue weighted by atomic mass is 10.2. The Balaban J connectivity index is 0.000000220. The number of hydrogen-bond acceptors (Lipinski definition) is 0. The van der Waals surface area contributed by atoms with Gasteiger partial charge in [0.1, 0.15) is 11.6 Å². The zero-order valence-corrected chi connectivity index (χ0v) is 10.6. The maximum atomic E-state index is 12.2. The molecule has 2 aromatic carbocycles. The second kappa shape index (κ2) is 6.76. The molecule has 0 nitrogen and oxygen atoms in total. The smallest absolute Gasteiger partial charge is 0.207 e. The summed E-state index contributed by atoms with van der Waals surface area (Å²) in [6.45, 7) is 0. The molecule has 0 fully saturated rings. The van der Waals surface area contributed by atoms with Gasteiger partial charge in [0.25, 0.3) is 0 Å². The predicted octanol–water partition coefficient (Wildman–Crippen LogP) is 5.69. The van der Waals surface area contributed by atoms with Gasteiger partial charge >= 0.3 is 12.4 Å². The molecule has 0 amide bonds. The highest BCUT2D eigenvalue weighted by Gasteiger charge is 2.31. The van der Waals surface area contributed by atoms with Crippen molar-refractivity contribution in [3.8, 4) is 0 Å². The molecule has 0 saturated heterocycles. The SMILES string of the molecule is Fc1cccc(C(F)(F)F)c1.Fc1cccc(C(F)(F)F)c1. The van der Waals surface area contributed by atoms with Crippen LogP contribution in [0.3, 0.4) is 0 Å². The van der Waals surface area contributed by atoms with Gasteiger partial charge in [0.2, 0.25) is 0 Å². The van der Waals surface area contributed by atoms with E-state index >= 15 is 0 Å². The van der Waals surface area contributed by atoms with Crippen LogP contribution in [0.15, 0.2) is 48.5 Å². The van der Waals surface area contributed by atoms with Gasteiger partial charge in [-0.15, -0.1) is 0 Å². The molecular formula is C14H8F8. The van der Waals surface area contributed by atoms with Crippen molar-refractivity contribution in [2.24, 2.45) is 0 Å². The fourth-order valence-electron chi connectivity index (χ4n) is 1.33. The molecule has 0 aliphatic heterocycles. The van der Waals surface area contributed by atoms with Crippen molar-refractivity contribution in [1.82, 2.24) is 0 Å². The molecule has 0 atom stereocenters. The van der Waals surface area contributed by atoms with Crippen LogP contribution < -0.4 is 0 Å². The Bertz CT molecular complexity index is 557. The Labute approximate surface area is 120 Å². The molecule has 2 rings (SSSR count). The summed E-state index contributed by atoms with van der Waals surface area (Å²) in [6.07, 6.45) is -8.91. The standard InChI is InChI=1S/2C7H4F4/c2*8-6-3-1-2-5(4-6)7(9,10)11/h2*1-4H. The molecule has 22 heavy (non-hydrogen) atoms. The lowest BCUT2D eigenvalue weighted by Gasteiger charge is -2.04. The van der Waals surface area contributed by atoms with E-state index in [4.69, 9.17) is 0 Å². The van der Waals surface area contributed by atoms with Gasteiger partial charge in [-0.05, 0) is 36.4 Å². The minimum atomic E-state index is -4.46. The molecular weight excluding hydrogens is 320 g/mol. The van der Waals surface area contributed by atoms with E-state index in [0.717, 1.165) is 36.4 Å². The van der Waals surface area contributed by atoms with Crippen LogP contribution in [-0.2, 0) is 12.4 Å². The first kappa shape index (κ1) is 17.9. The highest BCUT2D eigenvalue weighted by atomic mass is 19.4. The molecule has 0 aliphatic carbocycles. The second-order valence-corrected chi connectivity index (χ2v) is 4.02. The van der Waals surface area contributed by atoms with Gasteiger partial charge < -0.3 is 0 Å². The third-order valence-electron chi connectivity index (χ3n) is 2.30. The quantitative estimate of drug-likeness (QED) is 0.545. The van der Waals surface area contributed by atoms with Crippen LogP contribution >= 0.6 is 0 Å². The van der Waals surface area contributed by atoms with Crippen molar-refractivity contribution in [1.29, 1.82) is 0 Å². The van der Waals surface area contributed by atoms with Gasteiger partial charge in [-0.2, -0.15) is 26.3 Å². The molecule has 0 bridgehead atoms. The monoisotopic (exact) mass is 328 g/mol. The van der Waals surface area contributed by atoms with Crippen molar-refractivity contribution >= 4 is 0 Å². The molecule has 0 heterocycles. The van der Waals surface area contributed by atoms with E-state index in [9.17, 15) is 35.1 Å². The van der Waals surface area contributed by atoms with Gasteiger partial charge in [0.05, 0.1) is 11.1 Å². The Morgan fingerprint density at radius 3 is 1.05 bits per heavy atom. The third-order valence-corrected chi connectivity index (χ3v) is 2.30. The maximum absolute atomic E-state index is 12.2. The summed E-state index contributed by atoms with van der Waals surface area (Å²) in [4.78, 5) is 0. The van der Waals surface area contributed by atoms with Crippen molar-refractivity contribution < 1.29 is 35.1 Å². The zero-order chi connectivity index (χ0) is 17.0. The van der Waals surface area contributed by atoms with E-state index in [0.29, 0.717) is 12.1 Å². The van der Waals surface area contributed by atoms with Crippen molar-refractivity contribution in [3.63, 3.8) is 0 Å². The minimum absolute atomic E-state index is 0.458. The average molecular weight is 328 g/mol. The van der Waals surface area contributed by atoms with Crippen LogP contribution in [0.5, 0.6) is 0 Å². The molecule has 0 saturated carbocycles. The summed E-state index contributed by atoms with van der Waals surface area (Å²) in [6, 6.07) is 6.55. The van der Waals surface area contributed by atoms with E-state index in [1.165, 1.54) is 0 Å². The van der Waals surface area contributed by atoms with Crippen molar-refractivity contribution in [3.05, 3.63) is 71.3 Å². The number of alkyl halides is 6. The first-order valence-electron chi connectivity index (χ1n) is 5.65. The first-order chi connectivity index (χ1) is 10.00. The summed E-state index contributed by atoms with van der Waals surface area (Å²) in [7, 11) is 0. The first-order valence-corrected chi connectivity index (χ1v) is 5.65. The lowest BCUT2D eigenvalue weighted by molar-refractivity contribution is -0.138. The largest absolute Gasteiger partial charge is 0.416 e. The van der Waals surface area contributed by atoms with E-state index in [-0.39, 0.29) is 0 Å². The van der Waals surface area contributed by atoms with Crippen LogP contribution in [0.1, 0.15) is 11.1 Å². The topological polar surface area (TPSA) is 0 Å². The van der Waals surface area contributed by atoms with E-state index in [2.05, 4.69) is 0 Å². The second-order valence-electron chi connectivity index (χ2n) is 4.02. The predicted molar refractivity (Wildman–Crippen MR) is 62.8 cm³/mol. The summed E-state index contributed by atoms with van der Waals surface area (Å²) in [5, 5.41) is 0. The molecule has 0 spiro atoms. The van der Waals surface area contributed by atoms with E-state index in [1.807, 2.05) is 0 Å². The van der Waals surface area contributed by atoms with Gasteiger partial charge in [-0.3, -0.25) is 0 Å². The zero-order valence-electron chi connectivity index (χ0n) is 10.6. The Hall–Kier alpha value is -2.12. The molecule has 0 N–H and O–H groups in total. The number of rotatable bonds is 0. The van der Waals surface area contributed by atoms with E-state index in [1.54, 1.807) is 0 Å². The lowest BCUT2D eigenvalue weighted by Crippen LogP contribution is -2.04. The fraction of sp³-hybridized carbons (Fsp3) is 0.143. The molecule has 2 aromatic rings. The maximum Gasteiger partial charge on any atom is 0.416 e. The number of halogens is 8. The Kier molecular flexibility index (Phi) is 5.51. The number of hydrogen-bond donors (Lipinski definition) is 0. The van der Waals surface area contributed by atoms with Gasteiger partial charge in [-0.25, -0.2) is 8.78 Å². The molecule has 0 aromatic heterocycles. The fourth-order valence-corrected chi connectivity index (χ4v) is 1.33. The number of benzene rings is 2. The van der Waals surface area contributed by atoms with Crippen LogP contribution in [0.25, 0.3) is 0 Å². The highest BCUT2D eigenvalue weighted by Crippen LogP contribution is 2.29. The molecule has 120 valence electrons. The Morgan fingerprint density at radius 1 is 0.545 bits per heavy atom. The van der Waals surface area contributed by atoms with Crippen LogP contribution in [0.2, 0.25) is 0 Å². The third kappa shape index (κ3) is 5.71. The minimum Gasteiger partial charge on any atom is -0.207 e. The summed E-state index contributed by atoms with van der Waals surface area (Å²) in [5.41, 5.74) is -1.92. The van der Waals surface area contributed by atoms with Gasteiger partial charge in [0.15, 0.2) is 0 Å². The average Bonchev–Trinajstić information content (AvgIpc) is 2.37. The van der Waals surface area contributed by atoms with Gasteiger partial charge in [-0.1, -0.05) is 12.1 Å². The van der Waals surface area contributed by atoms with Crippen LogP contribution in [0, 0.1) is 11.6 Å². The summed E-state index contributed by atoms with van der Waals surface area (Å²) >= 11 is 0. The highest BCUT2D eigenvalue weighted by molar-refractivity contribution is 5.19. The summed E-state index contributed by atoms with van der Waals surface area (Å²) < 4.78 is 95.2. The molecule has 0 aliphatic rings.